The number of halogens is 1. The predicted molar refractivity (Wildman–Crippen MR) is 63.5 cm³/mol. The number of nitrogens with one attached hydrogen (secondary N) is 1. The van der Waals surface area contributed by atoms with Crippen LogP contribution in [-0.2, 0) is 0 Å². The van der Waals surface area contributed by atoms with E-state index in [1.165, 1.54) is 0 Å². The fourth-order valence-corrected chi connectivity index (χ4v) is 2.20. The number of rotatable bonds is 1. The molecule has 2 rings (SSSR count). The van der Waals surface area contributed by atoms with E-state index in [0.29, 0.717) is 17.2 Å². The van der Waals surface area contributed by atoms with E-state index in [1.807, 2.05) is 18.3 Å². The van der Waals surface area contributed by atoms with Gasteiger partial charge in [0, 0.05) is 25.2 Å². The summed E-state index contributed by atoms with van der Waals surface area (Å²) in [4.78, 5) is 6.45. The summed E-state index contributed by atoms with van der Waals surface area (Å²) in [6, 6.07) is 4.91. The van der Waals surface area contributed by atoms with E-state index in [1.54, 1.807) is 0 Å². The van der Waals surface area contributed by atoms with Gasteiger partial charge in [0.1, 0.15) is 5.15 Å². The Bertz CT molecular complexity index is 315. The summed E-state index contributed by atoms with van der Waals surface area (Å²) in [6.07, 6.45) is 1.84. The van der Waals surface area contributed by atoms with Gasteiger partial charge in [-0.2, -0.15) is 0 Å². The summed E-state index contributed by atoms with van der Waals surface area (Å²) < 4.78 is 0. The fraction of sp³-hybridized carbons (Fsp3) is 0.545. The zero-order valence-electron chi connectivity index (χ0n) is 9.07. The largest absolute Gasteiger partial charge is 0.367 e. The minimum atomic E-state index is 0.518. The van der Waals surface area contributed by atoms with Crippen molar-refractivity contribution in [3.8, 4) is 0 Å². The van der Waals surface area contributed by atoms with Crippen molar-refractivity contribution in [3.05, 3.63) is 23.5 Å². The minimum absolute atomic E-state index is 0.518. The molecule has 0 saturated carbocycles. The Hall–Kier alpha value is -0.800. The van der Waals surface area contributed by atoms with Crippen LogP contribution in [0.3, 0.4) is 0 Å². The van der Waals surface area contributed by atoms with Gasteiger partial charge in [0.2, 0.25) is 0 Å². The Labute approximate surface area is 95.4 Å². The van der Waals surface area contributed by atoms with Crippen LogP contribution in [0.1, 0.15) is 13.8 Å². The van der Waals surface area contributed by atoms with Gasteiger partial charge in [-0.25, -0.2) is 4.98 Å². The normalized spacial score (nSPS) is 26.7. The molecule has 15 heavy (non-hydrogen) atoms. The number of anilines is 1. The van der Waals surface area contributed by atoms with Crippen molar-refractivity contribution in [1.29, 1.82) is 0 Å². The molecule has 1 aromatic heterocycles. The summed E-state index contributed by atoms with van der Waals surface area (Å²) in [5, 5.41) is 4.05. The highest BCUT2D eigenvalue weighted by Crippen LogP contribution is 2.18. The van der Waals surface area contributed by atoms with Gasteiger partial charge in [-0.3, -0.25) is 0 Å². The van der Waals surface area contributed by atoms with Crippen LogP contribution in [0.15, 0.2) is 18.3 Å². The number of hydrogen-bond donors (Lipinski definition) is 1. The summed E-state index contributed by atoms with van der Waals surface area (Å²) in [6.45, 7) is 6.44. The smallest absolute Gasteiger partial charge is 0.129 e. The molecule has 0 amide bonds. The molecule has 82 valence electrons. The zero-order chi connectivity index (χ0) is 10.8. The van der Waals surface area contributed by atoms with E-state index in [0.717, 1.165) is 18.8 Å². The standard InChI is InChI=1S/C11H16ClN3/c1-8-6-15(7-9(2)14-8)10-3-4-11(12)13-5-10/h3-5,8-9,14H,6-7H2,1-2H3/t8-,9-/m1/s1. The van der Waals surface area contributed by atoms with Crippen LogP contribution < -0.4 is 10.2 Å². The highest BCUT2D eigenvalue weighted by molar-refractivity contribution is 6.29. The summed E-state index contributed by atoms with van der Waals surface area (Å²) in [7, 11) is 0. The molecule has 0 aromatic carbocycles. The first-order chi connectivity index (χ1) is 7.15. The molecule has 1 aromatic rings. The lowest BCUT2D eigenvalue weighted by Gasteiger charge is -2.37. The lowest BCUT2D eigenvalue weighted by atomic mass is 10.1. The van der Waals surface area contributed by atoms with Crippen LogP contribution in [0.2, 0.25) is 5.15 Å². The van der Waals surface area contributed by atoms with E-state index >= 15 is 0 Å². The molecule has 4 heteroatoms. The molecule has 0 unspecified atom stereocenters. The number of piperazine rings is 1. The molecule has 0 bridgehead atoms. The first-order valence-corrected chi connectivity index (χ1v) is 5.65. The van der Waals surface area contributed by atoms with Crippen molar-refractivity contribution in [2.45, 2.75) is 25.9 Å². The van der Waals surface area contributed by atoms with Crippen molar-refractivity contribution in [2.75, 3.05) is 18.0 Å². The Morgan fingerprint density at radius 3 is 2.53 bits per heavy atom. The van der Waals surface area contributed by atoms with Gasteiger partial charge in [0.05, 0.1) is 11.9 Å². The van der Waals surface area contributed by atoms with Crippen molar-refractivity contribution in [2.24, 2.45) is 0 Å². The summed E-state index contributed by atoms with van der Waals surface area (Å²) in [5.74, 6) is 0. The van der Waals surface area contributed by atoms with Crippen LogP contribution in [-0.4, -0.2) is 30.2 Å². The third-order valence-corrected chi connectivity index (χ3v) is 2.86. The number of aromatic nitrogens is 1. The Morgan fingerprint density at radius 1 is 1.33 bits per heavy atom. The van der Waals surface area contributed by atoms with Gasteiger partial charge < -0.3 is 10.2 Å². The zero-order valence-corrected chi connectivity index (χ0v) is 9.83. The molecule has 1 aliphatic heterocycles. The Morgan fingerprint density at radius 2 is 2.00 bits per heavy atom. The van der Waals surface area contributed by atoms with E-state index in [-0.39, 0.29) is 0 Å². The van der Waals surface area contributed by atoms with Gasteiger partial charge in [-0.1, -0.05) is 11.6 Å². The monoisotopic (exact) mass is 225 g/mol. The molecule has 2 heterocycles. The Balaban J connectivity index is 2.12. The second-order valence-electron chi connectivity index (χ2n) is 4.21. The third kappa shape index (κ3) is 2.61. The third-order valence-electron chi connectivity index (χ3n) is 2.63. The van der Waals surface area contributed by atoms with Crippen molar-refractivity contribution in [1.82, 2.24) is 10.3 Å². The molecule has 0 aliphatic carbocycles. The van der Waals surface area contributed by atoms with Crippen LogP contribution in [0.5, 0.6) is 0 Å². The first-order valence-electron chi connectivity index (χ1n) is 5.27. The number of nitrogens with zero attached hydrogens (tertiary/aromatic N) is 2. The molecule has 2 atom stereocenters. The van der Waals surface area contributed by atoms with E-state index in [9.17, 15) is 0 Å². The van der Waals surface area contributed by atoms with Crippen molar-refractivity contribution in [3.63, 3.8) is 0 Å². The van der Waals surface area contributed by atoms with Crippen molar-refractivity contribution < 1.29 is 0 Å². The number of hydrogen-bond acceptors (Lipinski definition) is 3. The highest BCUT2D eigenvalue weighted by Gasteiger charge is 2.20. The maximum Gasteiger partial charge on any atom is 0.129 e. The van der Waals surface area contributed by atoms with Gasteiger partial charge in [-0.05, 0) is 26.0 Å². The van der Waals surface area contributed by atoms with Gasteiger partial charge >= 0.3 is 0 Å². The van der Waals surface area contributed by atoms with E-state index in [4.69, 9.17) is 11.6 Å². The van der Waals surface area contributed by atoms with Crippen molar-refractivity contribution >= 4 is 17.3 Å². The first kappa shape index (κ1) is 10.7. The van der Waals surface area contributed by atoms with E-state index in [2.05, 4.69) is 29.0 Å². The molecule has 3 nitrogen and oxygen atoms in total. The molecule has 0 radical (unpaired) electrons. The average molecular weight is 226 g/mol. The molecule has 1 aliphatic rings. The van der Waals surface area contributed by atoms with E-state index < -0.39 is 0 Å². The highest BCUT2D eigenvalue weighted by atomic mass is 35.5. The fourth-order valence-electron chi connectivity index (χ4n) is 2.09. The Kier molecular flexibility index (Phi) is 3.12. The topological polar surface area (TPSA) is 28.2 Å². The molecule has 1 fully saturated rings. The molecular weight excluding hydrogens is 210 g/mol. The second kappa shape index (κ2) is 4.37. The molecule has 1 N–H and O–H groups in total. The summed E-state index contributed by atoms with van der Waals surface area (Å²) >= 11 is 5.77. The van der Waals surface area contributed by atoms with Crippen LogP contribution >= 0.6 is 11.6 Å². The lowest BCUT2D eigenvalue weighted by Crippen LogP contribution is -2.54. The minimum Gasteiger partial charge on any atom is -0.367 e. The van der Waals surface area contributed by atoms with Crippen LogP contribution in [0, 0.1) is 0 Å². The molecular formula is C11H16ClN3. The van der Waals surface area contributed by atoms with Gasteiger partial charge in [0.25, 0.3) is 0 Å². The number of pyridine rings is 1. The molecule has 0 spiro atoms. The maximum absolute atomic E-state index is 5.77. The second-order valence-corrected chi connectivity index (χ2v) is 4.60. The average Bonchev–Trinajstić information content (AvgIpc) is 2.17. The van der Waals surface area contributed by atoms with Crippen LogP contribution in [0.4, 0.5) is 5.69 Å². The lowest BCUT2D eigenvalue weighted by molar-refractivity contribution is 0.407. The quantitative estimate of drug-likeness (QED) is 0.741. The maximum atomic E-state index is 5.77. The van der Waals surface area contributed by atoms with Crippen LogP contribution in [0.25, 0.3) is 0 Å². The van der Waals surface area contributed by atoms with Gasteiger partial charge in [-0.15, -0.1) is 0 Å². The summed E-state index contributed by atoms with van der Waals surface area (Å²) in [5.41, 5.74) is 1.15. The molecule has 1 saturated heterocycles. The SMILES string of the molecule is C[C@@H]1CN(c2ccc(Cl)nc2)C[C@@H](C)N1. The predicted octanol–water partition coefficient (Wildman–Crippen LogP) is 1.92. The van der Waals surface area contributed by atoms with Gasteiger partial charge in [0.15, 0.2) is 0 Å².